The van der Waals surface area contributed by atoms with Crippen molar-refractivity contribution in [3.05, 3.63) is 34.9 Å². The largest absolute Gasteiger partial charge is 0.389 e. The molecule has 118 valence electrons. The number of aliphatic hydroxyl groups excluding tert-OH is 1. The quantitative estimate of drug-likeness (QED) is 0.809. The second kappa shape index (κ2) is 8.14. The average Bonchev–Trinajstić information content (AvgIpc) is 2.48. The van der Waals surface area contributed by atoms with Gasteiger partial charge >= 0.3 is 0 Å². The topological polar surface area (TPSA) is 41.5 Å². The van der Waals surface area contributed by atoms with Crippen molar-refractivity contribution in [2.45, 2.75) is 57.3 Å². The van der Waals surface area contributed by atoms with E-state index >= 15 is 0 Å². The zero-order valence-electron chi connectivity index (χ0n) is 12.8. The summed E-state index contributed by atoms with van der Waals surface area (Å²) in [5.74, 6) is 0. The summed E-state index contributed by atoms with van der Waals surface area (Å²) >= 11 is 6.07. The molecule has 0 aromatic heterocycles. The van der Waals surface area contributed by atoms with Crippen LogP contribution >= 0.6 is 11.6 Å². The smallest absolute Gasteiger partial charge is 0.0898 e. The van der Waals surface area contributed by atoms with Crippen molar-refractivity contribution in [3.8, 4) is 0 Å². The molecule has 1 aromatic carbocycles. The van der Waals surface area contributed by atoms with Gasteiger partial charge < -0.3 is 15.2 Å². The highest BCUT2D eigenvalue weighted by Gasteiger charge is 2.26. The molecular formula is C17H26ClNO2. The second-order valence-electron chi connectivity index (χ2n) is 6.26. The van der Waals surface area contributed by atoms with Gasteiger partial charge in [-0.3, -0.25) is 0 Å². The van der Waals surface area contributed by atoms with Crippen LogP contribution in [0.4, 0.5) is 0 Å². The monoisotopic (exact) mass is 311 g/mol. The number of hydrogen-bond acceptors (Lipinski definition) is 3. The maximum Gasteiger partial charge on any atom is 0.0898 e. The lowest BCUT2D eigenvalue weighted by Gasteiger charge is -2.35. The zero-order valence-corrected chi connectivity index (χ0v) is 13.5. The fourth-order valence-corrected chi connectivity index (χ4v) is 3.04. The van der Waals surface area contributed by atoms with Crippen molar-refractivity contribution in [2.75, 3.05) is 13.2 Å². The van der Waals surface area contributed by atoms with Gasteiger partial charge in [-0.05, 0) is 31.4 Å². The van der Waals surface area contributed by atoms with Gasteiger partial charge in [-0.1, -0.05) is 49.1 Å². The minimum atomic E-state index is -0.480. The summed E-state index contributed by atoms with van der Waals surface area (Å²) in [4.78, 5) is 0. The number of rotatable bonds is 7. The Kier molecular flexibility index (Phi) is 6.49. The Hall–Kier alpha value is -0.610. The molecule has 3 nitrogen and oxygen atoms in total. The first-order chi connectivity index (χ1) is 10.1. The van der Waals surface area contributed by atoms with Gasteiger partial charge in [-0.2, -0.15) is 0 Å². The number of halogens is 1. The molecule has 0 radical (unpaired) electrons. The summed E-state index contributed by atoms with van der Waals surface area (Å²) < 4.78 is 5.56. The molecule has 1 aromatic rings. The lowest BCUT2D eigenvalue weighted by Crippen LogP contribution is -2.47. The van der Waals surface area contributed by atoms with E-state index in [1.165, 1.54) is 32.1 Å². The number of benzene rings is 1. The SMILES string of the molecule is CC1(NCC(O)COCc2ccccc2Cl)CCCCC1. The molecule has 1 aliphatic carbocycles. The molecule has 0 amide bonds. The Labute approximate surface area is 132 Å². The van der Waals surface area contributed by atoms with Gasteiger partial charge in [0.15, 0.2) is 0 Å². The molecule has 2 N–H and O–H groups in total. The fourth-order valence-electron chi connectivity index (χ4n) is 2.85. The van der Waals surface area contributed by atoms with Gasteiger partial charge in [0.25, 0.3) is 0 Å². The van der Waals surface area contributed by atoms with E-state index in [4.69, 9.17) is 16.3 Å². The maximum atomic E-state index is 10.0. The van der Waals surface area contributed by atoms with Crippen LogP contribution in [0.3, 0.4) is 0 Å². The van der Waals surface area contributed by atoms with Crippen LogP contribution in [-0.2, 0) is 11.3 Å². The van der Waals surface area contributed by atoms with Crippen LogP contribution in [0, 0.1) is 0 Å². The van der Waals surface area contributed by atoms with Crippen molar-refractivity contribution in [1.82, 2.24) is 5.32 Å². The van der Waals surface area contributed by atoms with Crippen molar-refractivity contribution < 1.29 is 9.84 Å². The van der Waals surface area contributed by atoms with E-state index < -0.39 is 6.10 Å². The van der Waals surface area contributed by atoms with Crippen LogP contribution in [-0.4, -0.2) is 29.9 Å². The first-order valence-corrected chi connectivity index (χ1v) is 8.21. The van der Waals surface area contributed by atoms with Gasteiger partial charge in [0.1, 0.15) is 0 Å². The minimum Gasteiger partial charge on any atom is -0.389 e. The molecule has 2 rings (SSSR count). The van der Waals surface area contributed by atoms with Crippen molar-refractivity contribution >= 4 is 11.6 Å². The second-order valence-corrected chi connectivity index (χ2v) is 6.67. The third-order valence-electron chi connectivity index (χ3n) is 4.25. The Morgan fingerprint density at radius 3 is 2.71 bits per heavy atom. The zero-order chi connectivity index (χ0) is 15.1. The summed E-state index contributed by atoms with van der Waals surface area (Å²) in [5, 5.41) is 14.2. The van der Waals surface area contributed by atoms with E-state index in [-0.39, 0.29) is 5.54 Å². The summed E-state index contributed by atoms with van der Waals surface area (Å²) in [6, 6.07) is 7.63. The van der Waals surface area contributed by atoms with E-state index in [0.29, 0.717) is 24.8 Å². The minimum absolute atomic E-state index is 0.183. The third-order valence-corrected chi connectivity index (χ3v) is 4.62. The standard InChI is InChI=1S/C17H26ClNO2/c1-17(9-5-2-6-10-17)19-11-15(20)13-21-12-14-7-3-4-8-16(14)18/h3-4,7-8,15,19-20H,2,5-6,9-13H2,1H3. The van der Waals surface area contributed by atoms with Crippen LogP contribution in [0.5, 0.6) is 0 Å². The predicted molar refractivity (Wildman–Crippen MR) is 86.6 cm³/mol. The van der Waals surface area contributed by atoms with Crippen LogP contribution < -0.4 is 5.32 Å². The van der Waals surface area contributed by atoms with E-state index in [2.05, 4.69) is 12.2 Å². The van der Waals surface area contributed by atoms with Crippen molar-refractivity contribution in [3.63, 3.8) is 0 Å². The van der Waals surface area contributed by atoms with Gasteiger partial charge in [-0.25, -0.2) is 0 Å². The highest BCUT2D eigenvalue weighted by atomic mass is 35.5. The van der Waals surface area contributed by atoms with Crippen molar-refractivity contribution in [1.29, 1.82) is 0 Å². The van der Waals surface area contributed by atoms with E-state index in [1.54, 1.807) is 0 Å². The van der Waals surface area contributed by atoms with Gasteiger partial charge in [-0.15, -0.1) is 0 Å². The number of ether oxygens (including phenoxy) is 1. The maximum absolute atomic E-state index is 10.0. The lowest BCUT2D eigenvalue weighted by atomic mass is 9.83. The van der Waals surface area contributed by atoms with Crippen LogP contribution in [0.1, 0.15) is 44.6 Å². The van der Waals surface area contributed by atoms with Gasteiger partial charge in [0.05, 0.1) is 19.3 Å². The third kappa shape index (κ3) is 5.59. The summed E-state index contributed by atoms with van der Waals surface area (Å²) in [6.45, 7) is 3.60. The molecule has 1 fully saturated rings. The first kappa shape index (κ1) is 16.8. The number of aliphatic hydroxyl groups is 1. The van der Waals surface area contributed by atoms with Crippen LogP contribution in [0.15, 0.2) is 24.3 Å². The molecule has 1 atom stereocenters. The average molecular weight is 312 g/mol. The molecule has 21 heavy (non-hydrogen) atoms. The number of nitrogens with one attached hydrogen (secondary N) is 1. The number of β-amino-alcohol motifs (C(OH)–C–C–N with tert-alkyl or cyclic N) is 1. The normalized spacial score (nSPS) is 19.4. The Balaban J connectivity index is 1.65. The molecule has 1 aliphatic rings. The van der Waals surface area contributed by atoms with Gasteiger partial charge in [0.2, 0.25) is 0 Å². The molecule has 0 spiro atoms. The molecule has 0 heterocycles. The highest BCUT2D eigenvalue weighted by Crippen LogP contribution is 2.27. The van der Waals surface area contributed by atoms with E-state index in [9.17, 15) is 5.11 Å². The molecule has 0 saturated heterocycles. The fraction of sp³-hybridized carbons (Fsp3) is 0.647. The number of hydrogen-bond donors (Lipinski definition) is 2. The Morgan fingerprint density at radius 1 is 1.29 bits per heavy atom. The van der Waals surface area contributed by atoms with Crippen LogP contribution in [0.25, 0.3) is 0 Å². The molecular weight excluding hydrogens is 286 g/mol. The molecule has 4 heteroatoms. The Morgan fingerprint density at radius 2 is 2.00 bits per heavy atom. The summed E-state index contributed by atoms with van der Waals surface area (Å²) in [7, 11) is 0. The summed E-state index contributed by atoms with van der Waals surface area (Å²) in [5.41, 5.74) is 1.14. The van der Waals surface area contributed by atoms with Gasteiger partial charge in [0, 0.05) is 17.1 Å². The summed E-state index contributed by atoms with van der Waals surface area (Å²) in [6.07, 6.45) is 5.80. The van der Waals surface area contributed by atoms with E-state index in [1.807, 2.05) is 24.3 Å². The van der Waals surface area contributed by atoms with Crippen LogP contribution in [0.2, 0.25) is 5.02 Å². The highest BCUT2D eigenvalue weighted by molar-refractivity contribution is 6.31. The first-order valence-electron chi connectivity index (χ1n) is 7.83. The predicted octanol–water partition coefficient (Wildman–Crippen LogP) is 3.53. The molecule has 1 unspecified atom stereocenters. The lowest BCUT2D eigenvalue weighted by molar-refractivity contribution is 0.0238. The molecule has 0 aliphatic heterocycles. The van der Waals surface area contributed by atoms with E-state index in [0.717, 1.165) is 5.56 Å². The molecule has 0 bridgehead atoms. The Bertz CT molecular complexity index is 433. The molecule has 1 saturated carbocycles. The van der Waals surface area contributed by atoms with Crippen molar-refractivity contribution in [2.24, 2.45) is 0 Å².